The lowest BCUT2D eigenvalue weighted by molar-refractivity contribution is -0.140. The molecular formula is C31H37Cl2N3O5S. The Morgan fingerprint density at radius 2 is 1.55 bits per heavy atom. The first-order valence-electron chi connectivity index (χ1n) is 13.7. The first kappa shape index (κ1) is 33.2. The third kappa shape index (κ3) is 8.86. The van der Waals surface area contributed by atoms with Crippen molar-refractivity contribution in [2.75, 3.05) is 23.7 Å². The van der Waals surface area contributed by atoms with Gasteiger partial charge in [0.1, 0.15) is 18.3 Å². The van der Waals surface area contributed by atoms with Gasteiger partial charge < -0.3 is 15.0 Å². The van der Waals surface area contributed by atoms with E-state index in [2.05, 4.69) is 5.32 Å². The van der Waals surface area contributed by atoms with Gasteiger partial charge in [0, 0.05) is 34.6 Å². The van der Waals surface area contributed by atoms with Crippen LogP contribution in [0.25, 0.3) is 0 Å². The van der Waals surface area contributed by atoms with Crippen LogP contribution in [0.3, 0.4) is 0 Å². The molecule has 0 saturated carbocycles. The van der Waals surface area contributed by atoms with E-state index in [1.807, 2.05) is 44.2 Å². The zero-order valence-electron chi connectivity index (χ0n) is 24.2. The maximum atomic E-state index is 14.3. The molecule has 0 aliphatic carbocycles. The summed E-state index contributed by atoms with van der Waals surface area (Å²) in [4.78, 5) is 29.4. The number of carbonyl (C=O) groups is 2. The van der Waals surface area contributed by atoms with Crippen molar-refractivity contribution < 1.29 is 22.7 Å². The van der Waals surface area contributed by atoms with Crippen LogP contribution in [-0.4, -0.2) is 56.6 Å². The Hall–Kier alpha value is -3.27. The Morgan fingerprint density at radius 3 is 2.14 bits per heavy atom. The summed E-state index contributed by atoms with van der Waals surface area (Å²) < 4.78 is 32.8. The quantitative estimate of drug-likeness (QED) is 0.245. The first-order valence-corrected chi connectivity index (χ1v) is 16.3. The van der Waals surface area contributed by atoms with Gasteiger partial charge in [-0.25, -0.2) is 8.42 Å². The van der Waals surface area contributed by atoms with E-state index in [0.29, 0.717) is 34.4 Å². The molecule has 0 saturated heterocycles. The molecule has 0 aromatic heterocycles. The highest BCUT2D eigenvalue weighted by Crippen LogP contribution is 2.31. The van der Waals surface area contributed by atoms with Gasteiger partial charge in [-0.15, -0.1) is 0 Å². The molecule has 226 valence electrons. The Kier molecular flexibility index (Phi) is 12.1. The Bertz CT molecular complexity index is 1450. The van der Waals surface area contributed by atoms with E-state index < -0.39 is 28.5 Å². The number of amides is 2. The maximum absolute atomic E-state index is 14.3. The highest BCUT2D eigenvalue weighted by Gasteiger charge is 2.34. The summed E-state index contributed by atoms with van der Waals surface area (Å²) in [6.07, 6.45) is 1.89. The predicted molar refractivity (Wildman–Crippen MR) is 169 cm³/mol. The van der Waals surface area contributed by atoms with E-state index in [1.54, 1.807) is 49.4 Å². The minimum Gasteiger partial charge on any atom is -0.492 e. The van der Waals surface area contributed by atoms with E-state index in [9.17, 15) is 18.0 Å². The first-order chi connectivity index (χ1) is 20.0. The number of nitrogens with zero attached hydrogens (tertiary/aromatic N) is 2. The minimum absolute atomic E-state index is 0.118. The summed E-state index contributed by atoms with van der Waals surface area (Å²) in [7, 11) is -3.95. The molecule has 11 heteroatoms. The second-order valence-corrected chi connectivity index (χ2v) is 12.6. The smallest absolute Gasteiger partial charge is 0.244 e. The third-order valence-electron chi connectivity index (χ3n) is 6.78. The number of hydrogen-bond donors (Lipinski definition) is 1. The molecule has 2 amide bonds. The van der Waals surface area contributed by atoms with Crippen molar-refractivity contribution in [1.29, 1.82) is 0 Å². The van der Waals surface area contributed by atoms with E-state index in [0.717, 1.165) is 16.1 Å². The molecule has 0 aliphatic rings. The van der Waals surface area contributed by atoms with Crippen molar-refractivity contribution in [3.8, 4) is 5.75 Å². The van der Waals surface area contributed by atoms with Crippen LogP contribution in [0.15, 0.2) is 72.8 Å². The average molecular weight is 635 g/mol. The van der Waals surface area contributed by atoms with Gasteiger partial charge in [0.15, 0.2) is 0 Å². The number of para-hydroxylation sites is 2. The van der Waals surface area contributed by atoms with Crippen molar-refractivity contribution in [2.45, 2.75) is 52.2 Å². The second-order valence-electron chi connectivity index (χ2n) is 9.92. The van der Waals surface area contributed by atoms with E-state index >= 15 is 0 Å². The molecule has 0 spiro atoms. The zero-order valence-corrected chi connectivity index (χ0v) is 26.5. The lowest BCUT2D eigenvalue weighted by atomic mass is 10.0. The molecule has 2 unspecified atom stereocenters. The molecule has 2 atom stereocenters. The monoisotopic (exact) mass is 633 g/mol. The lowest BCUT2D eigenvalue weighted by Gasteiger charge is -2.34. The molecule has 42 heavy (non-hydrogen) atoms. The van der Waals surface area contributed by atoms with Crippen LogP contribution in [0.4, 0.5) is 5.69 Å². The van der Waals surface area contributed by atoms with Crippen molar-refractivity contribution in [2.24, 2.45) is 0 Å². The van der Waals surface area contributed by atoms with Gasteiger partial charge in [-0.2, -0.15) is 0 Å². The highest BCUT2D eigenvalue weighted by molar-refractivity contribution is 7.92. The van der Waals surface area contributed by atoms with E-state index in [4.69, 9.17) is 27.9 Å². The topological polar surface area (TPSA) is 96.0 Å². The molecule has 0 fully saturated rings. The Labute approximate surface area is 258 Å². The standard InChI is InChI=1S/C31H37Cl2N3O5S/c1-5-22(3)34-31(38)28(19-23-13-8-7-9-14-23)35(20-24-25(32)15-12-16-26(24)33)30(37)21-36(42(4,39)40)27-17-10-11-18-29(27)41-6-2/h7-18,22,28H,5-6,19-21H2,1-4H3,(H,34,38). The van der Waals surface area contributed by atoms with Gasteiger partial charge in [-0.3, -0.25) is 13.9 Å². The van der Waals surface area contributed by atoms with Gasteiger partial charge in [-0.1, -0.05) is 78.7 Å². The predicted octanol–water partition coefficient (Wildman–Crippen LogP) is 5.71. The van der Waals surface area contributed by atoms with Gasteiger partial charge in [0.05, 0.1) is 18.6 Å². The van der Waals surface area contributed by atoms with Crippen LogP contribution in [0, 0.1) is 0 Å². The van der Waals surface area contributed by atoms with E-state index in [1.165, 1.54) is 4.90 Å². The number of hydrogen-bond acceptors (Lipinski definition) is 5. The van der Waals surface area contributed by atoms with Crippen LogP contribution in [0.5, 0.6) is 5.75 Å². The molecule has 3 aromatic carbocycles. The molecule has 8 nitrogen and oxygen atoms in total. The normalized spacial score (nSPS) is 12.7. The van der Waals surface area contributed by atoms with Crippen LogP contribution in [0.2, 0.25) is 10.0 Å². The van der Waals surface area contributed by atoms with Crippen molar-refractivity contribution in [3.05, 3.63) is 94.0 Å². The van der Waals surface area contributed by atoms with Crippen molar-refractivity contribution in [1.82, 2.24) is 10.2 Å². The van der Waals surface area contributed by atoms with Crippen LogP contribution in [-0.2, 0) is 32.6 Å². The second kappa shape index (κ2) is 15.3. The highest BCUT2D eigenvalue weighted by atomic mass is 35.5. The number of benzene rings is 3. The Balaban J connectivity index is 2.13. The molecule has 3 rings (SSSR count). The summed E-state index contributed by atoms with van der Waals surface area (Å²) >= 11 is 13.0. The van der Waals surface area contributed by atoms with Crippen LogP contribution >= 0.6 is 23.2 Å². The number of anilines is 1. The van der Waals surface area contributed by atoms with Crippen molar-refractivity contribution in [3.63, 3.8) is 0 Å². The molecule has 3 aromatic rings. The summed E-state index contributed by atoms with van der Waals surface area (Å²) in [6.45, 7) is 5.22. The number of rotatable bonds is 14. The molecule has 0 radical (unpaired) electrons. The fourth-order valence-electron chi connectivity index (χ4n) is 4.38. The molecular weight excluding hydrogens is 597 g/mol. The molecule has 0 aliphatic heterocycles. The summed E-state index contributed by atoms with van der Waals surface area (Å²) in [5.41, 5.74) is 1.49. The fourth-order valence-corrected chi connectivity index (χ4v) is 5.75. The van der Waals surface area contributed by atoms with Gasteiger partial charge >= 0.3 is 0 Å². The number of halogens is 2. The number of sulfonamides is 1. The molecule has 0 bridgehead atoms. The summed E-state index contributed by atoms with van der Waals surface area (Å²) in [5, 5.41) is 3.63. The summed E-state index contributed by atoms with van der Waals surface area (Å²) in [5.74, 6) is -0.664. The zero-order chi connectivity index (χ0) is 30.9. The maximum Gasteiger partial charge on any atom is 0.244 e. The fraction of sp³-hybridized carbons (Fsp3) is 0.355. The molecule has 0 heterocycles. The lowest BCUT2D eigenvalue weighted by Crippen LogP contribution is -2.54. The minimum atomic E-state index is -3.95. The SMILES string of the molecule is CCOc1ccccc1N(CC(=O)N(Cc1c(Cl)cccc1Cl)C(Cc1ccccc1)C(=O)NC(C)CC)S(C)(=O)=O. The van der Waals surface area contributed by atoms with Crippen molar-refractivity contribution >= 4 is 50.7 Å². The third-order valence-corrected chi connectivity index (χ3v) is 8.61. The van der Waals surface area contributed by atoms with Crippen LogP contribution in [0.1, 0.15) is 38.3 Å². The number of nitrogens with one attached hydrogen (secondary N) is 1. The number of ether oxygens (including phenoxy) is 1. The Morgan fingerprint density at radius 1 is 0.929 bits per heavy atom. The summed E-state index contributed by atoms with van der Waals surface area (Å²) in [6, 6.07) is 19.8. The van der Waals surface area contributed by atoms with Gasteiger partial charge in [0.2, 0.25) is 21.8 Å². The van der Waals surface area contributed by atoms with Crippen LogP contribution < -0.4 is 14.4 Å². The molecule has 1 N–H and O–H groups in total. The largest absolute Gasteiger partial charge is 0.492 e. The average Bonchev–Trinajstić information content (AvgIpc) is 2.95. The van der Waals surface area contributed by atoms with Gasteiger partial charge in [-0.05, 0) is 50.1 Å². The number of carbonyl (C=O) groups excluding carboxylic acids is 2. The van der Waals surface area contributed by atoms with E-state index in [-0.39, 0.29) is 30.6 Å². The van der Waals surface area contributed by atoms with Gasteiger partial charge in [0.25, 0.3) is 0 Å².